The molecule has 0 amide bonds. The monoisotopic (exact) mass is 187 g/mol. The van der Waals surface area contributed by atoms with E-state index < -0.39 is 18.0 Å². The molecule has 0 radical (unpaired) electrons. The van der Waals surface area contributed by atoms with E-state index in [1.54, 1.807) is 6.92 Å². The largest absolute Gasteiger partial charge is 0.481 e. The van der Waals surface area contributed by atoms with Crippen molar-refractivity contribution in [1.82, 2.24) is 0 Å². The van der Waals surface area contributed by atoms with Crippen LogP contribution in [0.5, 0.6) is 0 Å². The summed E-state index contributed by atoms with van der Waals surface area (Å²) in [7, 11) is 0. The Morgan fingerprint density at radius 1 is 1.62 bits per heavy atom. The molecule has 0 aliphatic heterocycles. The summed E-state index contributed by atoms with van der Waals surface area (Å²) < 4.78 is 4.57. The number of ether oxygens (including phenoxy) is 1. The zero-order chi connectivity index (χ0) is 10.3. The third kappa shape index (κ3) is 7.02. The van der Waals surface area contributed by atoms with E-state index in [9.17, 15) is 9.59 Å². The first-order valence-electron chi connectivity index (χ1n) is 3.88. The number of carboxylic acid groups (broad SMARTS) is 1. The zero-order valence-corrected chi connectivity index (χ0v) is 7.40. The normalized spacial score (nSPS) is 12.8. The fourth-order valence-corrected chi connectivity index (χ4v) is 0.662. The SMILES string of the molecule is CCOC(=O)/C=C/C(N)CC(=O)O. The van der Waals surface area contributed by atoms with Gasteiger partial charge < -0.3 is 15.6 Å². The van der Waals surface area contributed by atoms with Crippen molar-refractivity contribution in [2.24, 2.45) is 5.73 Å². The maximum absolute atomic E-state index is 10.7. The molecule has 0 spiro atoms. The fourth-order valence-electron chi connectivity index (χ4n) is 0.662. The summed E-state index contributed by atoms with van der Waals surface area (Å²) in [6.45, 7) is 1.97. The van der Waals surface area contributed by atoms with Gasteiger partial charge in [-0.25, -0.2) is 4.79 Å². The number of nitrogens with two attached hydrogens (primary N) is 1. The van der Waals surface area contributed by atoms with Crippen molar-refractivity contribution >= 4 is 11.9 Å². The van der Waals surface area contributed by atoms with Crippen LogP contribution in [0.15, 0.2) is 12.2 Å². The first-order valence-corrected chi connectivity index (χ1v) is 3.88. The van der Waals surface area contributed by atoms with E-state index in [4.69, 9.17) is 10.8 Å². The predicted molar refractivity (Wildman–Crippen MR) is 46.0 cm³/mol. The number of carbonyl (C=O) groups is 2. The van der Waals surface area contributed by atoms with Crippen molar-refractivity contribution in [3.8, 4) is 0 Å². The van der Waals surface area contributed by atoms with Crippen LogP contribution in [0.4, 0.5) is 0 Å². The van der Waals surface area contributed by atoms with Crippen molar-refractivity contribution in [1.29, 1.82) is 0 Å². The molecular weight excluding hydrogens is 174 g/mol. The van der Waals surface area contributed by atoms with Crippen molar-refractivity contribution < 1.29 is 19.4 Å². The molecule has 0 saturated carbocycles. The van der Waals surface area contributed by atoms with E-state index in [-0.39, 0.29) is 13.0 Å². The minimum atomic E-state index is -0.999. The molecule has 74 valence electrons. The van der Waals surface area contributed by atoms with E-state index in [2.05, 4.69) is 4.74 Å². The number of hydrogen-bond acceptors (Lipinski definition) is 4. The Labute approximate surface area is 76.2 Å². The van der Waals surface area contributed by atoms with Gasteiger partial charge >= 0.3 is 11.9 Å². The van der Waals surface area contributed by atoms with Gasteiger partial charge in [0.05, 0.1) is 13.0 Å². The molecule has 1 atom stereocenters. The highest BCUT2D eigenvalue weighted by Gasteiger charge is 2.04. The number of esters is 1. The molecule has 1 unspecified atom stereocenters. The minimum Gasteiger partial charge on any atom is -0.481 e. The van der Waals surface area contributed by atoms with Crippen LogP contribution in [-0.2, 0) is 14.3 Å². The van der Waals surface area contributed by atoms with Gasteiger partial charge in [0.25, 0.3) is 0 Å². The highest BCUT2D eigenvalue weighted by atomic mass is 16.5. The summed E-state index contributed by atoms with van der Waals surface area (Å²) in [4.78, 5) is 20.9. The molecular formula is C8H13NO4. The van der Waals surface area contributed by atoms with Gasteiger partial charge in [-0.1, -0.05) is 6.08 Å². The van der Waals surface area contributed by atoms with Crippen molar-refractivity contribution in [2.45, 2.75) is 19.4 Å². The molecule has 0 aliphatic carbocycles. The molecule has 0 rings (SSSR count). The quantitative estimate of drug-likeness (QED) is 0.463. The average Bonchev–Trinajstić information content (AvgIpc) is 2.00. The number of carboxylic acids is 1. The summed E-state index contributed by atoms with van der Waals surface area (Å²) in [6, 6.07) is -0.651. The van der Waals surface area contributed by atoms with Gasteiger partial charge in [-0.2, -0.15) is 0 Å². The molecule has 0 fully saturated rings. The predicted octanol–water partition coefficient (Wildman–Crippen LogP) is -0.0923. The number of hydrogen-bond donors (Lipinski definition) is 2. The van der Waals surface area contributed by atoms with Gasteiger partial charge in [-0.05, 0) is 6.92 Å². The van der Waals surface area contributed by atoms with E-state index in [1.807, 2.05) is 0 Å². The van der Waals surface area contributed by atoms with Crippen LogP contribution in [0.2, 0.25) is 0 Å². The number of carbonyl (C=O) groups excluding carboxylic acids is 1. The molecule has 0 bridgehead atoms. The van der Waals surface area contributed by atoms with Crippen LogP contribution >= 0.6 is 0 Å². The van der Waals surface area contributed by atoms with Crippen LogP contribution in [0.1, 0.15) is 13.3 Å². The van der Waals surface area contributed by atoms with Gasteiger partial charge in [0.2, 0.25) is 0 Å². The standard InChI is InChI=1S/C8H13NO4/c1-2-13-8(12)4-3-6(9)5-7(10)11/h3-4,6H,2,5,9H2,1H3,(H,10,11)/b4-3+. The summed E-state index contributed by atoms with van der Waals surface area (Å²) in [6.07, 6.45) is 2.25. The van der Waals surface area contributed by atoms with E-state index in [0.29, 0.717) is 0 Å². The lowest BCUT2D eigenvalue weighted by Gasteiger charge is -2.00. The van der Waals surface area contributed by atoms with Crippen molar-refractivity contribution in [3.05, 3.63) is 12.2 Å². The van der Waals surface area contributed by atoms with E-state index in [1.165, 1.54) is 6.08 Å². The lowest BCUT2D eigenvalue weighted by atomic mass is 10.2. The van der Waals surface area contributed by atoms with Gasteiger partial charge in [0.15, 0.2) is 0 Å². The molecule has 0 aromatic heterocycles. The molecule has 0 heterocycles. The van der Waals surface area contributed by atoms with Gasteiger partial charge in [-0.15, -0.1) is 0 Å². The summed E-state index contributed by atoms with van der Waals surface area (Å²) in [5.74, 6) is -1.51. The first-order chi connectivity index (χ1) is 6.06. The second-order valence-corrected chi connectivity index (χ2v) is 2.37. The lowest BCUT2D eigenvalue weighted by Crippen LogP contribution is -2.21. The number of aliphatic carboxylic acids is 1. The second-order valence-electron chi connectivity index (χ2n) is 2.37. The summed E-state index contributed by atoms with van der Waals surface area (Å²) in [5, 5.41) is 8.32. The smallest absolute Gasteiger partial charge is 0.330 e. The molecule has 5 nitrogen and oxygen atoms in total. The van der Waals surface area contributed by atoms with Crippen LogP contribution in [0.25, 0.3) is 0 Å². The Bertz CT molecular complexity index is 212. The van der Waals surface area contributed by atoms with Crippen LogP contribution in [0.3, 0.4) is 0 Å². The molecule has 0 aromatic rings. The molecule has 5 heteroatoms. The maximum atomic E-state index is 10.7. The topological polar surface area (TPSA) is 89.6 Å². The molecule has 0 saturated heterocycles. The minimum absolute atomic E-state index is 0.199. The highest BCUT2D eigenvalue weighted by Crippen LogP contribution is 1.91. The Hall–Kier alpha value is -1.36. The summed E-state index contributed by atoms with van der Waals surface area (Å²) >= 11 is 0. The van der Waals surface area contributed by atoms with E-state index >= 15 is 0 Å². The highest BCUT2D eigenvalue weighted by molar-refractivity contribution is 5.82. The van der Waals surface area contributed by atoms with Gasteiger partial charge in [0, 0.05) is 12.1 Å². The number of rotatable bonds is 5. The van der Waals surface area contributed by atoms with Crippen LogP contribution < -0.4 is 5.73 Å². The maximum Gasteiger partial charge on any atom is 0.330 e. The van der Waals surface area contributed by atoms with Crippen molar-refractivity contribution in [3.63, 3.8) is 0 Å². The lowest BCUT2D eigenvalue weighted by molar-refractivity contribution is -0.138. The Morgan fingerprint density at radius 2 is 2.23 bits per heavy atom. The van der Waals surface area contributed by atoms with Gasteiger partial charge in [0.1, 0.15) is 0 Å². The third-order valence-corrected chi connectivity index (χ3v) is 1.18. The average molecular weight is 187 g/mol. The van der Waals surface area contributed by atoms with E-state index in [0.717, 1.165) is 6.08 Å². The van der Waals surface area contributed by atoms with Crippen LogP contribution in [0, 0.1) is 0 Å². The third-order valence-electron chi connectivity index (χ3n) is 1.18. The Kier molecular flexibility index (Phi) is 5.54. The van der Waals surface area contributed by atoms with Crippen LogP contribution in [-0.4, -0.2) is 29.7 Å². The second kappa shape index (κ2) is 6.19. The summed E-state index contributed by atoms with van der Waals surface area (Å²) in [5.41, 5.74) is 5.34. The first kappa shape index (κ1) is 11.6. The Balaban J connectivity index is 3.82. The van der Waals surface area contributed by atoms with Gasteiger partial charge in [-0.3, -0.25) is 4.79 Å². The molecule has 3 N–H and O–H groups in total. The molecule has 13 heavy (non-hydrogen) atoms. The Morgan fingerprint density at radius 3 is 2.69 bits per heavy atom. The van der Waals surface area contributed by atoms with Crippen molar-refractivity contribution in [2.75, 3.05) is 6.61 Å². The molecule has 0 aromatic carbocycles. The zero-order valence-electron chi connectivity index (χ0n) is 7.40. The molecule has 0 aliphatic rings. The fraction of sp³-hybridized carbons (Fsp3) is 0.500.